The summed E-state index contributed by atoms with van der Waals surface area (Å²) < 4.78 is 0. The van der Waals surface area contributed by atoms with Crippen molar-refractivity contribution in [2.75, 3.05) is 10.6 Å². The fourth-order valence-corrected chi connectivity index (χ4v) is 2.65. The maximum absolute atomic E-state index is 12.5. The number of anilines is 2. The number of carbonyl (C=O) groups is 2. The summed E-state index contributed by atoms with van der Waals surface area (Å²) in [7, 11) is 0. The molecule has 0 fully saturated rings. The van der Waals surface area contributed by atoms with Crippen LogP contribution in [0.5, 0.6) is 0 Å². The number of amides is 3. The summed E-state index contributed by atoms with van der Waals surface area (Å²) >= 11 is 0. The maximum Gasteiger partial charge on any atom is 0.319 e. The second-order valence-electron chi connectivity index (χ2n) is 6.09. The van der Waals surface area contributed by atoms with E-state index in [0.717, 1.165) is 11.1 Å². The lowest BCUT2D eigenvalue weighted by atomic mass is 10.0. The molecule has 136 valence electrons. The lowest BCUT2D eigenvalue weighted by Crippen LogP contribution is -2.43. The van der Waals surface area contributed by atoms with Crippen molar-refractivity contribution >= 4 is 23.3 Å². The van der Waals surface area contributed by atoms with Crippen molar-refractivity contribution in [2.24, 2.45) is 0 Å². The molecule has 5 heteroatoms. The third-order valence-electron chi connectivity index (χ3n) is 4.04. The SMILES string of the molecule is C[C@@H](NC(=O)Nc1ccccc1)C(=O)Nc1ccccc1-c1ccccc1. The Morgan fingerprint density at radius 2 is 1.33 bits per heavy atom. The summed E-state index contributed by atoms with van der Waals surface area (Å²) in [5, 5.41) is 8.24. The van der Waals surface area contributed by atoms with E-state index in [2.05, 4.69) is 16.0 Å². The fraction of sp³-hybridized carbons (Fsp3) is 0.0909. The normalized spacial score (nSPS) is 11.3. The number of hydrogen-bond donors (Lipinski definition) is 3. The second kappa shape index (κ2) is 8.67. The standard InChI is InChI=1S/C22H21N3O2/c1-16(23-22(27)24-18-12-6-3-7-13-18)21(26)25-20-15-9-8-14-19(20)17-10-4-2-5-11-17/h2-16H,1H3,(H,25,26)(H2,23,24,27)/t16-/m1/s1. The number of benzene rings is 3. The van der Waals surface area contributed by atoms with Gasteiger partial charge >= 0.3 is 6.03 Å². The van der Waals surface area contributed by atoms with Gasteiger partial charge in [0.1, 0.15) is 6.04 Å². The van der Waals surface area contributed by atoms with Crippen molar-refractivity contribution in [3.63, 3.8) is 0 Å². The Labute approximate surface area is 158 Å². The van der Waals surface area contributed by atoms with Gasteiger partial charge in [0.05, 0.1) is 0 Å². The van der Waals surface area contributed by atoms with Crippen LogP contribution in [-0.2, 0) is 4.79 Å². The topological polar surface area (TPSA) is 70.2 Å². The van der Waals surface area contributed by atoms with E-state index in [1.165, 1.54) is 0 Å². The van der Waals surface area contributed by atoms with Gasteiger partial charge < -0.3 is 16.0 Å². The average Bonchev–Trinajstić information content (AvgIpc) is 2.69. The Morgan fingerprint density at radius 1 is 0.741 bits per heavy atom. The molecule has 3 amide bonds. The highest BCUT2D eigenvalue weighted by molar-refractivity contribution is 6.01. The second-order valence-corrected chi connectivity index (χ2v) is 6.09. The van der Waals surface area contributed by atoms with E-state index in [1.54, 1.807) is 19.1 Å². The largest absolute Gasteiger partial charge is 0.326 e. The molecule has 27 heavy (non-hydrogen) atoms. The van der Waals surface area contributed by atoms with E-state index < -0.39 is 12.1 Å². The summed E-state index contributed by atoms with van der Waals surface area (Å²) in [5.74, 6) is -0.290. The van der Waals surface area contributed by atoms with E-state index in [9.17, 15) is 9.59 Å². The van der Waals surface area contributed by atoms with Crippen molar-refractivity contribution in [3.8, 4) is 11.1 Å². The van der Waals surface area contributed by atoms with Crippen molar-refractivity contribution in [1.29, 1.82) is 0 Å². The number of hydrogen-bond acceptors (Lipinski definition) is 2. The Kier molecular flexibility index (Phi) is 5.84. The van der Waals surface area contributed by atoms with Crippen LogP contribution >= 0.6 is 0 Å². The Morgan fingerprint density at radius 3 is 2.04 bits per heavy atom. The van der Waals surface area contributed by atoms with Crippen LogP contribution in [0.2, 0.25) is 0 Å². The summed E-state index contributed by atoms with van der Waals surface area (Å²) in [6.07, 6.45) is 0. The molecule has 3 aromatic rings. The van der Waals surface area contributed by atoms with Crippen LogP contribution in [0.1, 0.15) is 6.92 Å². The van der Waals surface area contributed by atoms with Gasteiger partial charge in [0.15, 0.2) is 0 Å². The maximum atomic E-state index is 12.5. The molecule has 0 saturated heterocycles. The van der Waals surface area contributed by atoms with Gasteiger partial charge in [0, 0.05) is 16.9 Å². The van der Waals surface area contributed by atoms with E-state index in [0.29, 0.717) is 11.4 Å². The minimum atomic E-state index is -0.697. The molecule has 3 aromatic carbocycles. The molecule has 0 spiro atoms. The van der Waals surface area contributed by atoms with Gasteiger partial charge in [-0.1, -0.05) is 66.7 Å². The molecule has 0 saturated carbocycles. The third kappa shape index (κ3) is 4.95. The molecule has 5 nitrogen and oxygen atoms in total. The van der Waals surface area contributed by atoms with E-state index in [-0.39, 0.29) is 5.91 Å². The summed E-state index contributed by atoms with van der Waals surface area (Å²) in [6, 6.07) is 25.3. The van der Waals surface area contributed by atoms with Gasteiger partial charge in [-0.15, -0.1) is 0 Å². The molecule has 0 aliphatic heterocycles. The summed E-state index contributed by atoms with van der Waals surface area (Å²) in [4.78, 5) is 24.6. The Hall–Kier alpha value is -3.60. The first-order valence-electron chi connectivity index (χ1n) is 8.71. The summed E-state index contributed by atoms with van der Waals surface area (Å²) in [5.41, 5.74) is 3.30. The van der Waals surface area contributed by atoms with E-state index >= 15 is 0 Å². The molecule has 0 unspecified atom stereocenters. The first-order valence-corrected chi connectivity index (χ1v) is 8.71. The van der Waals surface area contributed by atoms with Gasteiger partial charge in [-0.25, -0.2) is 4.79 Å². The Balaban J connectivity index is 1.64. The zero-order valence-corrected chi connectivity index (χ0v) is 15.0. The minimum Gasteiger partial charge on any atom is -0.326 e. The molecular formula is C22H21N3O2. The first kappa shape index (κ1) is 18.2. The molecule has 3 rings (SSSR count). The zero-order valence-electron chi connectivity index (χ0n) is 15.0. The van der Waals surface area contributed by atoms with E-state index in [1.807, 2.05) is 72.8 Å². The van der Waals surface area contributed by atoms with Crippen LogP contribution in [-0.4, -0.2) is 18.0 Å². The highest BCUT2D eigenvalue weighted by Gasteiger charge is 2.17. The monoisotopic (exact) mass is 359 g/mol. The molecule has 1 atom stereocenters. The van der Waals surface area contributed by atoms with Gasteiger partial charge in [-0.3, -0.25) is 4.79 Å². The van der Waals surface area contributed by atoms with Crippen LogP contribution in [0.3, 0.4) is 0 Å². The van der Waals surface area contributed by atoms with Gasteiger partial charge in [0.2, 0.25) is 5.91 Å². The Bertz CT molecular complexity index is 911. The van der Waals surface area contributed by atoms with Crippen molar-refractivity contribution in [3.05, 3.63) is 84.9 Å². The van der Waals surface area contributed by atoms with Crippen LogP contribution < -0.4 is 16.0 Å². The lowest BCUT2D eigenvalue weighted by Gasteiger charge is -2.17. The van der Waals surface area contributed by atoms with Gasteiger partial charge in [-0.05, 0) is 30.7 Å². The van der Waals surface area contributed by atoms with Gasteiger partial charge in [0.25, 0.3) is 0 Å². The van der Waals surface area contributed by atoms with E-state index in [4.69, 9.17) is 0 Å². The average molecular weight is 359 g/mol. The molecule has 0 aromatic heterocycles. The molecular weight excluding hydrogens is 338 g/mol. The van der Waals surface area contributed by atoms with Crippen LogP contribution in [0.4, 0.5) is 16.2 Å². The number of rotatable bonds is 5. The predicted octanol–water partition coefficient (Wildman–Crippen LogP) is 4.50. The lowest BCUT2D eigenvalue weighted by molar-refractivity contribution is -0.117. The zero-order chi connectivity index (χ0) is 19.1. The fourth-order valence-electron chi connectivity index (χ4n) is 2.65. The molecule has 3 N–H and O–H groups in total. The van der Waals surface area contributed by atoms with Crippen molar-refractivity contribution in [1.82, 2.24) is 5.32 Å². The summed E-state index contributed by atoms with van der Waals surface area (Å²) in [6.45, 7) is 1.64. The van der Waals surface area contributed by atoms with Crippen molar-refractivity contribution in [2.45, 2.75) is 13.0 Å². The molecule has 0 aliphatic rings. The predicted molar refractivity (Wildman–Crippen MR) is 109 cm³/mol. The third-order valence-corrected chi connectivity index (χ3v) is 4.04. The van der Waals surface area contributed by atoms with Crippen LogP contribution in [0.25, 0.3) is 11.1 Å². The van der Waals surface area contributed by atoms with Crippen molar-refractivity contribution < 1.29 is 9.59 Å². The first-order chi connectivity index (χ1) is 13.1. The quantitative estimate of drug-likeness (QED) is 0.628. The highest BCUT2D eigenvalue weighted by atomic mass is 16.2. The van der Waals surface area contributed by atoms with Gasteiger partial charge in [-0.2, -0.15) is 0 Å². The molecule has 0 bridgehead atoms. The number of para-hydroxylation sites is 2. The number of urea groups is 1. The van der Waals surface area contributed by atoms with Crippen LogP contribution in [0, 0.1) is 0 Å². The van der Waals surface area contributed by atoms with Crippen LogP contribution in [0.15, 0.2) is 84.9 Å². The highest BCUT2D eigenvalue weighted by Crippen LogP contribution is 2.27. The smallest absolute Gasteiger partial charge is 0.319 e. The molecule has 0 aliphatic carbocycles. The number of nitrogens with one attached hydrogen (secondary N) is 3. The molecule has 0 radical (unpaired) electrons. The molecule has 0 heterocycles. The number of carbonyl (C=O) groups excluding carboxylic acids is 2. The minimum absolute atomic E-state index is 0.290.